The van der Waals surface area contributed by atoms with E-state index in [4.69, 9.17) is 9.47 Å². The van der Waals surface area contributed by atoms with Gasteiger partial charge in [0.2, 0.25) is 0 Å². The van der Waals surface area contributed by atoms with Crippen molar-refractivity contribution in [3.63, 3.8) is 0 Å². The lowest BCUT2D eigenvalue weighted by atomic mass is 9.93. The van der Waals surface area contributed by atoms with Gasteiger partial charge in [-0.1, -0.05) is 26.0 Å². The van der Waals surface area contributed by atoms with Crippen LogP contribution in [-0.2, 0) is 13.2 Å². The monoisotopic (exact) mass is 357 g/mol. The lowest BCUT2D eigenvalue weighted by Gasteiger charge is -2.28. The summed E-state index contributed by atoms with van der Waals surface area (Å²) in [5.41, 5.74) is 2.42. The van der Waals surface area contributed by atoms with Gasteiger partial charge in [-0.2, -0.15) is 0 Å². The fourth-order valence-corrected chi connectivity index (χ4v) is 3.05. The van der Waals surface area contributed by atoms with Crippen LogP contribution in [0.5, 0.6) is 11.5 Å². The van der Waals surface area contributed by atoms with Crippen LogP contribution < -0.4 is 14.8 Å². The van der Waals surface area contributed by atoms with Gasteiger partial charge in [0.25, 0.3) is 0 Å². The summed E-state index contributed by atoms with van der Waals surface area (Å²) >= 11 is 0. The molecular weight excluding hydrogens is 326 g/mol. The quantitative estimate of drug-likeness (QED) is 0.707. The lowest BCUT2D eigenvalue weighted by Crippen LogP contribution is -2.37. The third-order valence-corrected chi connectivity index (χ3v) is 4.02. The van der Waals surface area contributed by atoms with Crippen LogP contribution in [0.4, 0.5) is 0 Å². The molecule has 5 nitrogen and oxygen atoms in total. The Morgan fingerprint density at radius 2 is 1.92 bits per heavy atom. The molecule has 0 aliphatic carbocycles. The van der Waals surface area contributed by atoms with Crippen LogP contribution in [0.2, 0.25) is 0 Å². The molecule has 0 aliphatic heterocycles. The minimum Gasteiger partial charge on any atom is -0.493 e. The van der Waals surface area contributed by atoms with Crippen LogP contribution in [0.15, 0.2) is 42.7 Å². The van der Waals surface area contributed by atoms with Crippen LogP contribution in [0, 0.1) is 5.41 Å². The average molecular weight is 357 g/mol. The zero-order valence-corrected chi connectivity index (χ0v) is 16.6. The summed E-state index contributed by atoms with van der Waals surface area (Å²) in [5.74, 6) is 1.49. The van der Waals surface area contributed by atoms with E-state index >= 15 is 0 Å². The molecule has 0 atom stereocenters. The van der Waals surface area contributed by atoms with Crippen molar-refractivity contribution >= 4 is 0 Å². The first-order chi connectivity index (χ1) is 12.4. The van der Waals surface area contributed by atoms with Crippen molar-refractivity contribution in [2.45, 2.75) is 27.0 Å². The first-order valence-electron chi connectivity index (χ1n) is 8.94. The molecule has 2 rings (SSSR count). The van der Waals surface area contributed by atoms with Crippen molar-refractivity contribution in [2.75, 3.05) is 34.3 Å². The summed E-state index contributed by atoms with van der Waals surface area (Å²) in [5, 5.41) is 3.55. The number of ether oxygens (including phenoxy) is 2. The number of benzene rings is 1. The number of pyridine rings is 1. The molecule has 0 aliphatic rings. The van der Waals surface area contributed by atoms with E-state index in [0.717, 1.165) is 36.7 Å². The average Bonchev–Trinajstić information content (AvgIpc) is 2.59. The standard InChI is InChI=1S/C21H31N3O2/c1-21(2,16-24(3)4)15-23-12-17-8-9-19(25-5)20(11-17)26-14-18-7-6-10-22-13-18/h6-11,13,23H,12,14-16H2,1-5H3. The van der Waals surface area contributed by atoms with E-state index in [1.54, 1.807) is 13.3 Å². The number of rotatable bonds is 10. The van der Waals surface area contributed by atoms with E-state index in [1.807, 2.05) is 30.5 Å². The molecule has 0 unspecified atom stereocenters. The molecule has 26 heavy (non-hydrogen) atoms. The molecule has 0 bridgehead atoms. The normalized spacial score (nSPS) is 11.6. The van der Waals surface area contributed by atoms with Crippen LogP contribution in [0.3, 0.4) is 0 Å². The molecule has 1 N–H and O–H groups in total. The zero-order valence-electron chi connectivity index (χ0n) is 16.6. The van der Waals surface area contributed by atoms with E-state index in [9.17, 15) is 0 Å². The Kier molecular flexibility index (Phi) is 7.42. The fourth-order valence-electron chi connectivity index (χ4n) is 3.05. The molecule has 1 aromatic carbocycles. The Morgan fingerprint density at radius 1 is 1.12 bits per heavy atom. The van der Waals surface area contributed by atoms with Crippen LogP contribution in [0.1, 0.15) is 25.0 Å². The molecule has 2 aromatic rings. The molecule has 5 heteroatoms. The van der Waals surface area contributed by atoms with Gasteiger partial charge in [-0.25, -0.2) is 0 Å². The van der Waals surface area contributed by atoms with Gasteiger partial charge in [-0.05, 0) is 43.3 Å². The maximum absolute atomic E-state index is 5.96. The van der Waals surface area contributed by atoms with E-state index in [-0.39, 0.29) is 5.41 Å². The number of nitrogens with one attached hydrogen (secondary N) is 1. The molecular formula is C21H31N3O2. The Balaban J connectivity index is 1.95. The van der Waals surface area contributed by atoms with Crippen molar-refractivity contribution in [3.05, 3.63) is 53.9 Å². The van der Waals surface area contributed by atoms with Gasteiger partial charge >= 0.3 is 0 Å². The molecule has 0 saturated carbocycles. The molecule has 0 spiro atoms. The molecule has 142 valence electrons. The first kappa shape index (κ1) is 20.2. The highest BCUT2D eigenvalue weighted by Crippen LogP contribution is 2.29. The predicted octanol–water partition coefficient (Wildman–Crippen LogP) is 3.35. The minimum absolute atomic E-state index is 0.218. The highest BCUT2D eigenvalue weighted by molar-refractivity contribution is 5.43. The summed E-state index contributed by atoms with van der Waals surface area (Å²) in [4.78, 5) is 6.34. The van der Waals surface area contributed by atoms with Crippen LogP contribution in [-0.4, -0.2) is 44.2 Å². The summed E-state index contributed by atoms with van der Waals surface area (Å²) in [7, 11) is 5.88. The molecule has 1 aromatic heterocycles. The number of hydrogen-bond donors (Lipinski definition) is 1. The maximum Gasteiger partial charge on any atom is 0.161 e. The number of nitrogens with zero attached hydrogens (tertiary/aromatic N) is 2. The Morgan fingerprint density at radius 3 is 2.58 bits per heavy atom. The smallest absolute Gasteiger partial charge is 0.161 e. The highest BCUT2D eigenvalue weighted by atomic mass is 16.5. The summed E-state index contributed by atoms with van der Waals surface area (Å²) < 4.78 is 11.4. The SMILES string of the molecule is COc1ccc(CNCC(C)(C)CN(C)C)cc1OCc1cccnc1. The molecule has 1 heterocycles. The number of aromatic nitrogens is 1. The molecule has 0 saturated heterocycles. The minimum atomic E-state index is 0.218. The second-order valence-corrected chi connectivity index (χ2v) is 7.64. The number of methoxy groups -OCH3 is 1. The van der Waals surface area contributed by atoms with E-state index < -0.39 is 0 Å². The van der Waals surface area contributed by atoms with Crippen molar-refractivity contribution in [2.24, 2.45) is 5.41 Å². The topological polar surface area (TPSA) is 46.6 Å². The van der Waals surface area contributed by atoms with Crippen molar-refractivity contribution in [1.82, 2.24) is 15.2 Å². The van der Waals surface area contributed by atoms with Gasteiger partial charge < -0.3 is 19.7 Å². The summed E-state index contributed by atoms with van der Waals surface area (Å²) in [6.45, 7) is 7.80. The summed E-state index contributed by atoms with van der Waals surface area (Å²) in [6.07, 6.45) is 3.57. The van der Waals surface area contributed by atoms with Gasteiger partial charge in [0.05, 0.1) is 7.11 Å². The Hall–Kier alpha value is -2.11. The highest BCUT2D eigenvalue weighted by Gasteiger charge is 2.18. The van der Waals surface area contributed by atoms with Crippen LogP contribution >= 0.6 is 0 Å². The van der Waals surface area contributed by atoms with E-state index in [1.165, 1.54) is 5.56 Å². The molecule has 0 radical (unpaired) electrons. The van der Waals surface area contributed by atoms with Crippen molar-refractivity contribution in [1.29, 1.82) is 0 Å². The zero-order chi connectivity index (χ0) is 19.0. The largest absolute Gasteiger partial charge is 0.493 e. The van der Waals surface area contributed by atoms with Gasteiger partial charge in [0, 0.05) is 37.6 Å². The number of hydrogen-bond acceptors (Lipinski definition) is 5. The van der Waals surface area contributed by atoms with E-state index in [2.05, 4.69) is 49.2 Å². The third-order valence-electron chi connectivity index (χ3n) is 4.02. The van der Waals surface area contributed by atoms with Gasteiger partial charge in [-0.15, -0.1) is 0 Å². The van der Waals surface area contributed by atoms with Gasteiger partial charge in [-0.3, -0.25) is 4.98 Å². The maximum atomic E-state index is 5.96. The molecule has 0 fully saturated rings. The lowest BCUT2D eigenvalue weighted by molar-refractivity contribution is 0.232. The Labute approximate surface area is 157 Å². The van der Waals surface area contributed by atoms with Gasteiger partial charge in [0.1, 0.15) is 6.61 Å². The fraction of sp³-hybridized carbons (Fsp3) is 0.476. The first-order valence-corrected chi connectivity index (χ1v) is 8.94. The predicted molar refractivity (Wildman–Crippen MR) is 106 cm³/mol. The Bertz CT molecular complexity index is 672. The summed E-state index contributed by atoms with van der Waals surface area (Å²) in [6, 6.07) is 9.98. The second kappa shape index (κ2) is 9.55. The second-order valence-electron chi connectivity index (χ2n) is 7.64. The van der Waals surface area contributed by atoms with Crippen molar-refractivity contribution < 1.29 is 9.47 Å². The van der Waals surface area contributed by atoms with Crippen molar-refractivity contribution in [3.8, 4) is 11.5 Å². The van der Waals surface area contributed by atoms with Crippen LogP contribution in [0.25, 0.3) is 0 Å². The molecule has 0 amide bonds. The van der Waals surface area contributed by atoms with Gasteiger partial charge in [0.15, 0.2) is 11.5 Å². The van der Waals surface area contributed by atoms with E-state index in [0.29, 0.717) is 6.61 Å². The third kappa shape index (κ3) is 6.65.